The normalized spacial score (nSPS) is 9.71. The van der Waals surface area contributed by atoms with Gasteiger partial charge in [0, 0.05) is 12.8 Å². The van der Waals surface area contributed by atoms with Gasteiger partial charge in [-0.3, -0.25) is 4.79 Å². The van der Waals surface area contributed by atoms with Gasteiger partial charge in [-0.15, -0.1) is 0 Å². The molecular formula is C13H14ClNO2. The molecule has 1 aromatic rings. The van der Waals surface area contributed by atoms with Gasteiger partial charge in [-0.25, -0.2) is 0 Å². The maximum absolute atomic E-state index is 11.1. The maximum atomic E-state index is 11.1. The van der Waals surface area contributed by atoms with Gasteiger partial charge in [-0.2, -0.15) is 5.26 Å². The van der Waals surface area contributed by atoms with Crippen LogP contribution in [0.25, 0.3) is 0 Å². The van der Waals surface area contributed by atoms with Crippen LogP contribution in [0.4, 0.5) is 0 Å². The second kappa shape index (κ2) is 6.93. The van der Waals surface area contributed by atoms with E-state index in [1.165, 1.54) is 0 Å². The summed E-state index contributed by atoms with van der Waals surface area (Å²) in [4.78, 5) is 11.1. The summed E-state index contributed by atoms with van der Waals surface area (Å²) in [5.41, 5.74) is 0.503. The molecule has 0 aliphatic carbocycles. The first-order valence-corrected chi connectivity index (χ1v) is 5.89. The molecule has 0 aliphatic rings. The standard InChI is InChI=1S/C13H14ClNO2/c1-2-11(16)4-3-7-17-13-6-5-10(9-15)8-12(13)14/h5-6,8H,2-4,7H2,1H3. The van der Waals surface area contributed by atoms with Gasteiger partial charge >= 0.3 is 0 Å². The molecule has 4 heteroatoms. The molecule has 0 unspecified atom stereocenters. The minimum absolute atomic E-state index is 0.236. The summed E-state index contributed by atoms with van der Waals surface area (Å²) >= 11 is 5.93. The number of carbonyl (C=O) groups is 1. The molecule has 90 valence electrons. The van der Waals surface area contributed by atoms with E-state index in [0.29, 0.717) is 42.2 Å². The van der Waals surface area contributed by atoms with Crippen LogP contribution >= 0.6 is 11.6 Å². The zero-order valence-corrected chi connectivity index (χ0v) is 10.5. The first-order valence-electron chi connectivity index (χ1n) is 5.51. The van der Waals surface area contributed by atoms with Crippen molar-refractivity contribution in [1.29, 1.82) is 5.26 Å². The molecule has 1 aromatic carbocycles. The number of nitrogens with zero attached hydrogens (tertiary/aromatic N) is 1. The molecule has 0 bridgehead atoms. The summed E-state index contributed by atoms with van der Waals surface area (Å²) in [5, 5.41) is 9.09. The molecule has 0 N–H and O–H groups in total. The highest BCUT2D eigenvalue weighted by molar-refractivity contribution is 6.32. The van der Waals surface area contributed by atoms with Gasteiger partial charge in [0.1, 0.15) is 11.5 Å². The lowest BCUT2D eigenvalue weighted by molar-refractivity contribution is -0.118. The SMILES string of the molecule is CCC(=O)CCCOc1ccc(C#N)cc1Cl. The van der Waals surface area contributed by atoms with Crippen molar-refractivity contribution in [3.63, 3.8) is 0 Å². The Morgan fingerprint density at radius 3 is 2.88 bits per heavy atom. The van der Waals surface area contributed by atoms with Crippen molar-refractivity contribution in [2.75, 3.05) is 6.61 Å². The highest BCUT2D eigenvalue weighted by Crippen LogP contribution is 2.25. The van der Waals surface area contributed by atoms with E-state index in [0.717, 1.165) is 0 Å². The minimum Gasteiger partial charge on any atom is -0.492 e. The van der Waals surface area contributed by atoms with E-state index in [-0.39, 0.29) is 5.78 Å². The Bertz CT molecular complexity index is 438. The number of hydrogen-bond donors (Lipinski definition) is 0. The van der Waals surface area contributed by atoms with E-state index in [4.69, 9.17) is 21.6 Å². The number of rotatable bonds is 6. The van der Waals surface area contributed by atoms with Gasteiger partial charge in [-0.05, 0) is 24.6 Å². The molecule has 0 fully saturated rings. The van der Waals surface area contributed by atoms with Gasteiger partial charge in [0.25, 0.3) is 0 Å². The predicted octanol–water partition coefficient (Wildman–Crippen LogP) is 3.35. The molecule has 0 amide bonds. The first-order chi connectivity index (χ1) is 8.17. The van der Waals surface area contributed by atoms with Crippen molar-refractivity contribution in [2.24, 2.45) is 0 Å². The summed E-state index contributed by atoms with van der Waals surface area (Å²) < 4.78 is 5.44. The second-order valence-electron chi connectivity index (χ2n) is 3.60. The molecule has 0 saturated heterocycles. The fourth-order valence-corrected chi connectivity index (χ4v) is 1.55. The Morgan fingerprint density at radius 1 is 1.53 bits per heavy atom. The summed E-state index contributed by atoms with van der Waals surface area (Å²) in [6.07, 6.45) is 1.78. The minimum atomic E-state index is 0.236. The number of hydrogen-bond acceptors (Lipinski definition) is 3. The number of ketones is 1. The van der Waals surface area contributed by atoms with E-state index in [2.05, 4.69) is 0 Å². The Morgan fingerprint density at radius 2 is 2.29 bits per heavy atom. The lowest BCUT2D eigenvalue weighted by Gasteiger charge is -2.07. The second-order valence-corrected chi connectivity index (χ2v) is 4.01. The maximum Gasteiger partial charge on any atom is 0.137 e. The Kier molecular flexibility index (Phi) is 5.51. The number of carbonyl (C=O) groups excluding carboxylic acids is 1. The Balaban J connectivity index is 2.42. The molecule has 0 atom stereocenters. The average molecular weight is 252 g/mol. The van der Waals surface area contributed by atoms with Crippen LogP contribution in [0.3, 0.4) is 0 Å². The van der Waals surface area contributed by atoms with Crippen LogP contribution in [0.1, 0.15) is 31.7 Å². The lowest BCUT2D eigenvalue weighted by Crippen LogP contribution is -2.02. The molecule has 0 radical (unpaired) electrons. The van der Waals surface area contributed by atoms with E-state index in [1.807, 2.05) is 13.0 Å². The highest BCUT2D eigenvalue weighted by Gasteiger charge is 2.03. The molecule has 0 spiro atoms. The number of nitriles is 1. The van der Waals surface area contributed by atoms with Crippen molar-refractivity contribution in [3.05, 3.63) is 28.8 Å². The molecule has 0 aliphatic heterocycles. The largest absolute Gasteiger partial charge is 0.492 e. The third-order valence-electron chi connectivity index (χ3n) is 2.31. The highest BCUT2D eigenvalue weighted by atomic mass is 35.5. The fourth-order valence-electron chi connectivity index (χ4n) is 1.32. The van der Waals surface area contributed by atoms with E-state index < -0.39 is 0 Å². The van der Waals surface area contributed by atoms with Gasteiger partial charge in [-0.1, -0.05) is 18.5 Å². The van der Waals surface area contributed by atoms with E-state index >= 15 is 0 Å². The molecule has 0 saturated carbocycles. The van der Waals surface area contributed by atoms with Crippen molar-refractivity contribution in [3.8, 4) is 11.8 Å². The van der Waals surface area contributed by atoms with Crippen LogP contribution in [0.5, 0.6) is 5.75 Å². The Labute approximate surface area is 106 Å². The van der Waals surface area contributed by atoms with Gasteiger partial charge < -0.3 is 4.74 Å². The molecule has 3 nitrogen and oxygen atoms in total. The quantitative estimate of drug-likeness (QED) is 0.729. The number of halogens is 1. The van der Waals surface area contributed by atoms with Crippen molar-refractivity contribution >= 4 is 17.4 Å². The van der Waals surface area contributed by atoms with Gasteiger partial charge in [0.15, 0.2) is 0 Å². The average Bonchev–Trinajstić information content (AvgIpc) is 2.35. The topological polar surface area (TPSA) is 50.1 Å². The summed E-state index contributed by atoms with van der Waals surface area (Å²) in [6.45, 7) is 2.30. The van der Waals surface area contributed by atoms with E-state index in [1.54, 1.807) is 18.2 Å². The molecule has 17 heavy (non-hydrogen) atoms. The first kappa shape index (κ1) is 13.5. The van der Waals surface area contributed by atoms with Crippen molar-refractivity contribution in [2.45, 2.75) is 26.2 Å². The third kappa shape index (κ3) is 4.46. The summed E-state index contributed by atoms with van der Waals surface area (Å²) in [6, 6.07) is 6.88. The van der Waals surface area contributed by atoms with E-state index in [9.17, 15) is 4.79 Å². The fraction of sp³-hybridized carbons (Fsp3) is 0.385. The predicted molar refractivity (Wildman–Crippen MR) is 66.2 cm³/mol. The summed E-state index contributed by atoms with van der Waals surface area (Å²) in [7, 11) is 0. The molecular weight excluding hydrogens is 238 g/mol. The van der Waals surface area contributed by atoms with Crippen LogP contribution in [0.15, 0.2) is 18.2 Å². The monoisotopic (exact) mass is 251 g/mol. The molecule has 0 heterocycles. The number of ether oxygens (including phenoxy) is 1. The number of benzene rings is 1. The molecule has 0 aromatic heterocycles. The Hall–Kier alpha value is -1.53. The van der Waals surface area contributed by atoms with Crippen molar-refractivity contribution in [1.82, 2.24) is 0 Å². The van der Waals surface area contributed by atoms with Crippen LogP contribution in [-0.4, -0.2) is 12.4 Å². The zero-order chi connectivity index (χ0) is 12.7. The smallest absolute Gasteiger partial charge is 0.137 e. The van der Waals surface area contributed by atoms with Crippen molar-refractivity contribution < 1.29 is 9.53 Å². The van der Waals surface area contributed by atoms with Crippen LogP contribution < -0.4 is 4.74 Å². The third-order valence-corrected chi connectivity index (χ3v) is 2.61. The van der Waals surface area contributed by atoms with Gasteiger partial charge in [0.05, 0.1) is 23.3 Å². The van der Waals surface area contributed by atoms with Crippen LogP contribution in [-0.2, 0) is 4.79 Å². The van der Waals surface area contributed by atoms with Crippen LogP contribution in [0.2, 0.25) is 5.02 Å². The zero-order valence-electron chi connectivity index (χ0n) is 9.70. The lowest BCUT2D eigenvalue weighted by atomic mass is 10.2. The van der Waals surface area contributed by atoms with Crippen LogP contribution in [0, 0.1) is 11.3 Å². The van der Waals surface area contributed by atoms with Gasteiger partial charge in [0.2, 0.25) is 0 Å². The molecule has 1 rings (SSSR count). The summed E-state index contributed by atoms with van der Waals surface area (Å²) in [5.74, 6) is 0.786. The number of Topliss-reactive ketones (excluding diaryl/α,β-unsaturated/α-hetero) is 1.